The summed E-state index contributed by atoms with van der Waals surface area (Å²) in [6.07, 6.45) is -0.257. The number of carbonyl (C=O) groups is 2. The number of anilines is 1. The summed E-state index contributed by atoms with van der Waals surface area (Å²) in [6, 6.07) is 20.4. The number of hydrogen-bond donors (Lipinski definition) is 1. The average Bonchev–Trinajstić information content (AvgIpc) is 3.31. The van der Waals surface area contributed by atoms with Crippen LogP contribution in [0.5, 0.6) is 0 Å². The van der Waals surface area contributed by atoms with Gasteiger partial charge in [0.25, 0.3) is 5.91 Å². The number of halogens is 2. The van der Waals surface area contributed by atoms with E-state index in [0.29, 0.717) is 35.1 Å². The summed E-state index contributed by atoms with van der Waals surface area (Å²) in [5.41, 5.74) is 3.13. The van der Waals surface area contributed by atoms with Crippen LogP contribution in [0.4, 0.5) is 10.5 Å². The minimum absolute atomic E-state index is 0.257. The van der Waals surface area contributed by atoms with E-state index in [4.69, 9.17) is 32.4 Å². The van der Waals surface area contributed by atoms with Crippen molar-refractivity contribution in [3.63, 3.8) is 0 Å². The molecule has 0 radical (unpaired) electrons. The van der Waals surface area contributed by atoms with Gasteiger partial charge in [0.15, 0.2) is 0 Å². The molecule has 0 spiro atoms. The zero-order chi connectivity index (χ0) is 28.4. The van der Waals surface area contributed by atoms with Gasteiger partial charge in [-0.2, -0.15) is 0 Å². The van der Waals surface area contributed by atoms with Crippen LogP contribution in [0.3, 0.4) is 0 Å². The van der Waals surface area contributed by atoms with Crippen LogP contribution in [0.25, 0.3) is 22.3 Å². The van der Waals surface area contributed by atoms with Gasteiger partial charge in [-0.1, -0.05) is 41.4 Å². The minimum Gasteiger partial charge on any atom is -0.456 e. The van der Waals surface area contributed by atoms with Crippen molar-refractivity contribution < 1.29 is 18.7 Å². The van der Waals surface area contributed by atoms with Crippen molar-refractivity contribution >= 4 is 51.9 Å². The molecule has 40 heavy (non-hydrogen) atoms. The first kappa shape index (κ1) is 28.0. The molecule has 208 valence electrons. The molecule has 0 aliphatic carbocycles. The van der Waals surface area contributed by atoms with Crippen LogP contribution >= 0.6 is 23.2 Å². The molecule has 0 bridgehead atoms. The first-order chi connectivity index (χ1) is 19.1. The normalized spacial score (nSPS) is 14.4. The standard InChI is InChI=1S/C31H31Cl2N3O4/c1-31(2,3)40-30(38)36-14-12-35(13-15-36)19-20-8-11-27-21(16-20)17-28(39-27)24-6-4-5-7-26(24)34-29(37)23-10-9-22(32)18-25(23)33/h4-11,16-18H,12-15,19H2,1-3H3,(H,34,37). The quantitative estimate of drug-likeness (QED) is 0.262. The molecule has 1 fully saturated rings. The van der Waals surface area contributed by atoms with Gasteiger partial charge in [0.2, 0.25) is 0 Å². The SMILES string of the molecule is CC(C)(C)OC(=O)N1CCN(Cc2ccc3oc(-c4ccccc4NC(=O)c4ccc(Cl)cc4Cl)cc3c2)CC1. The van der Waals surface area contributed by atoms with E-state index in [1.165, 1.54) is 0 Å². The number of fused-ring (bicyclic) bond motifs is 1. The van der Waals surface area contributed by atoms with Crippen molar-refractivity contribution in [3.05, 3.63) is 87.9 Å². The zero-order valence-electron chi connectivity index (χ0n) is 22.7. The van der Waals surface area contributed by atoms with Crippen LogP contribution in [0.15, 0.2) is 71.1 Å². The number of rotatable bonds is 5. The lowest BCUT2D eigenvalue weighted by atomic mass is 10.1. The number of furan rings is 1. The molecule has 3 aromatic carbocycles. The van der Waals surface area contributed by atoms with Crippen molar-refractivity contribution in [2.45, 2.75) is 32.9 Å². The second-order valence-corrected chi connectivity index (χ2v) is 11.7. The van der Waals surface area contributed by atoms with Gasteiger partial charge in [0.05, 0.1) is 16.3 Å². The summed E-state index contributed by atoms with van der Waals surface area (Å²) >= 11 is 12.2. The summed E-state index contributed by atoms with van der Waals surface area (Å²) in [6.45, 7) is 9.23. The number of piperazine rings is 1. The summed E-state index contributed by atoms with van der Waals surface area (Å²) in [5.74, 6) is 0.315. The molecule has 0 saturated carbocycles. The third-order valence-corrected chi connectivity index (χ3v) is 7.18. The first-order valence-corrected chi connectivity index (χ1v) is 13.9. The summed E-state index contributed by atoms with van der Waals surface area (Å²) in [5, 5.41) is 4.67. The van der Waals surface area contributed by atoms with Crippen LogP contribution < -0.4 is 5.32 Å². The Morgan fingerprint density at radius 1 is 0.950 bits per heavy atom. The van der Waals surface area contributed by atoms with Crippen molar-refractivity contribution in [2.75, 3.05) is 31.5 Å². The summed E-state index contributed by atoms with van der Waals surface area (Å²) < 4.78 is 11.7. The molecule has 4 aromatic rings. The highest BCUT2D eigenvalue weighted by Crippen LogP contribution is 2.34. The molecule has 2 amide bonds. The molecule has 1 N–H and O–H groups in total. The third-order valence-electron chi connectivity index (χ3n) is 6.63. The smallest absolute Gasteiger partial charge is 0.410 e. The van der Waals surface area contributed by atoms with Gasteiger partial charge in [-0.15, -0.1) is 0 Å². The molecule has 1 saturated heterocycles. The highest BCUT2D eigenvalue weighted by Gasteiger charge is 2.26. The first-order valence-electron chi connectivity index (χ1n) is 13.1. The predicted molar refractivity (Wildman–Crippen MR) is 159 cm³/mol. The fourth-order valence-corrected chi connectivity index (χ4v) is 5.16. The zero-order valence-corrected chi connectivity index (χ0v) is 24.2. The molecule has 9 heteroatoms. The van der Waals surface area contributed by atoms with E-state index < -0.39 is 5.60 Å². The van der Waals surface area contributed by atoms with Gasteiger partial charge < -0.3 is 19.4 Å². The molecule has 1 aromatic heterocycles. The van der Waals surface area contributed by atoms with E-state index in [1.54, 1.807) is 23.1 Å². The largest absolute Gasteiger partial charge is 0.456 e. The maximum Gasteiger partial charge on any atom is 0.410 e. The maximum atomic E-state index is 13.0. The van der Waals surface area contributed by atoms with Crippen molar-refractivity contribution in [1.29, 1.82) is 0 Å². The highest BCUT2D eigenvalue weighted by molar-refractivity contribution is 6.37. The summed E-state index contributed by atoms with van der Waals surface area (Å²) in [4.78, 5) is 29.4. The number of hydrogen-bond acceptors (Lipinski definition) is 5. The van der Waals surface area contributed by atoms with Gasteiger partial charge in [-0.25, -0.2) is 4.79 Å². The summed E-state index contributed by atoms with van der Waals surface area (Å²) in [7, 11) is 0. The fraction of sp³-hybridized carbons (Fsp3) is 0.290. The Hall–Kier alpha value is -3.52. The molecule has 1 aliphatic heterocycles. The van der Waals surface area contributed by atoms with Gasteiger partial charge in [-0.05, 0) is 74.9 Å². The van der Waals surface area contributed by atoms with Crippen molar-refractivity contribution in [2.24, 2.45) is 0 Å². The maximum absolute atomic E-state index is 13.0. The van der Waals surface area contributed by atoms with E-state index in [9.17, 15) is 9.59 Å². The Balaban J connectivity index is 1.28. The Morgan fingerprint density at radius 2 is 1.70 bits per heavy atom. The van der Waals surface area contributed by atoms with E-state index in [0.717, 1.165) is 41.7 Å². The second-order valence-electron chi connectivity index (χ2n) is 10.9. The van der Waals surface area contributed by atoms with E-state index >= 15 is 0 Å². The van der Waals surface area contributed by atoms with Crippen LogP contribution in [-0.4, -0.2) is 53.6 Å². The third kappa shape index (κ3) is 6.61. The van der Waals surface area contributed by atoms with Crippen LogP contribution in [0, 0.1) is 0 Å². The van der Waals surface area contributed by atoms with Gasteiger partial charge in [0, 0.05) is 48.7 Å². The van der Waals surface area contributed by atoms with E-state index in [-0.39, 0.29) is 17.0 Å². The molecule has 0 atom stereocenters. The molecular formula is C31H31Cl2N3O4. The number of nitrogens with one attached hydrogen (secondary N) is 1. The number of ether oxygens (including phenoxy) is 1. The van der Waals surface area contributed by atoms with Gasteiger partial charge in [0.1, 0.15) is 16.9 Å². The number of benzene rings is 3. The van der Waals surface area contributed by atoms with E-state index in [2.05, 4.69) is 22.3 Å². The number of para-hydroxylation sites is 1. The molecule has 5 rings (SSSR count). The van der Waals surface area contributed by atoms with Gasteiger partial charge in [-0.3, -0.25) is 9.69 Å². The topological polar surface area (TPSA) is 75.0 Å². The average molecular weight is 581 g/mol. The highest BCUT2D eigenvalue weighted by atomic mass is 35.5. The molecular weight excluding hydrogens is 549 g/mol. The Labute approximate surface area is 243 Å². The lowest BCUT2D eigenvalue weighted by Crippen LogP contribution is -2.49. The lowest BCUT2D eigenvalue weighted by Gasteiger charge is -2.35. The number of nitrogens with zero attached hydrogens (tertiary/aromatic N) is 2. The van der Waals surface area contributed by atoms with E-state index in [1.807, 2.05) is 57.2 Å². The molecule has 1 aliphatic rings. The van der Waals surface area contributed by atoms with Crippen LogP contribution in [0.1, 0.15) is 36.7 Å². The van der Waals surface area contributed by atoms with Crippen LogP contribution in [0.2, 0.25) is 10.0 Å². The molecule has 0 unspecified atom stereocenters. The molecule has 2 heterocycles. The van der Waals surface area contributed by atoms with Gasteiger partial charge >= 0.3 is 6.09 Å². The van der Waals surface area contributed by atoms with Crippen molar-refractivity contribution in [1.82, 2.24) is 9.80 Å². The number of carbonyl (C=O) groups excluding carboxylic acids is 2. The monoisotopic (exact) mass is 579 g/mol. The second kappa shape index (κ2) is 11.5. The Kier molecular flexibility index (Phi) is 8.08. The predicted octanol–water partition coefficient (Wildman–Crippen LogP) is 7.71. The van der Waals surface area contributed by atoms with Crippen LogP contribution in [-0.2, 0) is 11.3 Å². The number of amides is 2. The minimum atomic E-state index is -0.496. The Bertz CT molecular complexity index is 1550. The lowest BCUT2D eigenvalue weighted by molar-refractivity contribution is 0.0139. The molecule has 7 nitrogen and oxygen atoms in total. The van der Waals surface area contributed by atoms with Crippen molar-refractivity contribution in [3.8, 4) is 11.3 Å². The Morgan fingerprint density at radius 3 is 2.42 bits per heavy atom. The fourth-order valence-electron chi connectivity index (χ4n) is 4.67.